The second-order valence-corrected chi connectivity index (χ2v) is 10.1. The van der Waals surface area contributed by atoms with Crippen LogP contribution in [-0.4, -0.2) is 63.1 Å². The van der Waals surface area contributed by atoms with E-state index in [2.05, 4.69) is 27.1 Å². The van der Waals surface area contributed by atoms with Crippen molar-refractivity contribution < 1.29 is 19.4 Å². The van der Waals surface area contributed by atoms with Crippen molar-refractivity contribution in [2.75, 3.05) is 32.7 Å². The van der Waals surface area contributed by atoms with Crippen molar-refractivity contribution in [1.82, 2.24) is 24.9 Å². The summed E-state index contributed by atoms with van der Waals surface area (Å²) in [5, 5.41) is 22.2. The van der Waals surface area contributed by atoms with Gasteiger partial charge in [-0.3, -0.25) is 4.68 Å². The van der Waals surface area contributed by atoms with Crippen LogP contribution in [0.5, 0.6) is 5.75 Å². The highest BCUT2D eigenvalue weighted by atomic mass is 16.7. The third-order valence-corrected chi connectivity index (χ3v) is 7.58. The van der Waals surface area contributed by atoms with Gasteiger partial charge in [0.25, 0.3) is 0 Å². The zero-order chi connectivity index (χ0) is 26.7. The second kappa shape index (κ2) is 10.7. The van der Waals surface area contributed by atoms with E-state index in [9.17, 15) is 9.90 Å². The highest BCUT2D eigenvalue weighted by Gasteiger charge is 2.45. The zero-order valence-corrected chi connectivity index (χ0v) is 21.6. The van der Waals surface area contributed by atoms with Crippen LogP contribution in [0, 0.1) is 23.2 Å². The average Bonchev–Trinajstić information content (AvgIpc) is 3.40. The topological polar surface area (TPSA) is 129 Å². The molecule has 10 heteroatoms. The SMILES string of the molecule is COCOc1ccccc1-c1cc(-c2cnn([C@@H](C)C#CC3CC4(CCN(C(=O)O)CC4)C3)c2)c(N)nn1. The fourth-order valence-electron chi connectivity index (χ4n) is 5.35. The molecular formula is C28H32N6O4. The van der Waals surface area contributed by atoms with Crippen molar-refractivity contribution in [3.05, 3.63) is 42.7 Å². The zero-order valence-electron chi connectivity index (χ0n) is 21.6. The molecule has 1 spiro atoms. The number of amides is 1. The van der Waals surface area contributed by atoms with Crippen molar-refractivity contribution in [3.8, 4) is 40.0 Å². The Hall–Kier alpha value is -4.10. The van der Waals surface area contributed by atoms with Gasteiger partial charge in [-0.2, -0.15) is 5.10 Å². The van der Waals surface area contributed by atoms with Gasteiger partial charge in [0.15, 0.2) is 12.6 Å². The standard InChI is InChI=1S/C28H32N6O4/c1-19(7-8-20-14-28(15-20)9-11-33(12-10-28)27(35)36)34-17-21(16-30-34)23-13-24(31-32-26(23)29)22-5-3-4-6-25(22)38-18-37-2/h3-6,13,16-17,19-20H,9-12,14-15,18H2,1-2H3,(H2,29,32)(H,35,36)/t19-/m0/s1. The molecule has 1 atom stereocenters. The lowest BCUT2D eigenvalue weighted by Crippen LogP contribution is -2.48. The maximum atomic E-state index is 11.2. The van der Waals surface area contributed by atoms with Crippen molar-refractivity contribution in [3.63, 3.8) is 0 Å². The number of anilines is 1. The van der Waals surface area contributed by atoms with Gasteiger partial charge in [0.2, 0.25) is 0 Å². The molecule has 198 valence electrons. The van der Waals surface area contributed by atoms with Crippen LogP contribution in [0.4, 0.5) is 10.6 Å². The van der Waals surface area contributed by atoms with Crippen LogP contribution in [0.1, 0.15) is 38.6 Å². The van der Waals surface area contributed by atoms with Gasteiger partial charge in [0.05, 0.1) is 11.9 Å². The molecule has 1 aromatic carbocycles. The summed E-state index contributed by atoms with van der Waals surface area (Å²) >= 11 is 0. The van der Waals surface area contributed by atoms with Crippen LogP contribution in [0.25, 0.3) is 22.4 Å². The Kier molecular flexibility index (Phi) is 7.20. The van der Waals surface area contributed by atoms with Crippen LogP contribution in [0.15, 0.2) is 42.7 Å². The minimum atomic E-state index is -0.815. The third-order valence-electron chi connectivity index (χ3n) is 7.58. The lowest BCUT2D eigenvalue weighted by atomic mass is 9.58. The van der Waals surface area contributed by atoms with Gasteiger partial charge < -0.3 is 25.2 Å². The van der Waals surface area contributed by atoms with Crippen molar-refractivity contribution in [2.24, 2.45) is 11.3 Å². The van der Waals surface area contributed by atoms with Gasteiger partial charge in [-0.15, -0.1) is 10.2 Å². The molecule has 2 fully saturated rings. The number of rotatable bonds is 6. The Morgan fingerprint density at radius 2 is 2.00 bits per heavy atom. The summed E-state index contributed by atoms with van der Waals surface area (Å²) in [4.78, 5) is 12.7. The van der Waals surface area contributed by atoms with E-state index in [0.717, 1.165) is 42.4 Å². The molecule has 3 aromatic rings. The first kappa shape index (κ1) is 25.5. The summed E-state index contributed by atoms with van der Waals surface area (Å²) < 4.78 is 12.6. The summed E-state index contributed by atoms with van der Waals surface area (Å²) in [5.74, 6) is 8.09. The van der Waals surface area contributed by atoms with E-state index in [4.69, 9.17) is 15.2 Å². The summed E-state index contributed by atoms with van der Waals surface area (Å²) in [6.07, 6.45) is 6.82. The van der Waals surface area contributed by atoms with E-state index in [1.54, 1.807) is 13.3 Å². The summed E-state index contributed by atoms with van der Waals surface area (Å²) in [6.45, 7) is 3.40. The number of ether oxygens (including phenoxy) is 2. The highest BCUT2D eigenvalue weighted by molar-refractivity contribution is 5.78. The van der Waals surface area contributed by atoms with Crippen LogP contribution >= 0.6 is 0 Å². The fraction of sp³-hybridized carbons (Fsp3) is 0.429. The number of carboxylic acid groups (broad SMARTS) is 1. The molecule has 1 saturated carbocycles. The maximum Gasteiger partial charge on any atom is 0.407 e. The Bertz CT molecular complexity index is 1360. The first-order valence-corrected chi connectivity index (χ1v) is 12.8. The molecule has 1 amide bonds. The molecule has 0 unspecified atom stereocenters. The number of nitrogen functional groups attached to an aromatic ring is 1. The molecule has 2 aromatic heterocycles. The van der Waals surface area contributed by atoms with Crippen LogP contribution in [-0.2, 0) is 4.74 Å². The minimum absolute atomic E-state index is 0.104. The predicted octanol–water partition coefficient (Wildman–Crippen LogP) is 4.31. The normalized spacial score (nSPS) is 17.4. The molecular weight excluding hydrogens is 484 g/mol. The predicted molar refractivity (Wildman–Crippen MR) is 142 cm³/mol. The number of methoxy groups -OCH3 is 1. The van der Waals surface area contributed by atoms with Gasteiger partial charge in [-0.25, -0.2) is 4.79 Å². The van der Waals surface area contributed by atoms with Crippen molar-refractivity contribution >= 4 is 11.9 Å². The largest absolute Gasteiger partial charge is 0.467 e. The lowest BCUT2D eigenvalue weighted by Gasteiger charge is -2.50. The smallest absolute Gasteiger partial charge is 0.407 e. The van der Waals surface area contributed by atoms with E-state index in [0.29, 0.717) is 36.3 Å². The Labute approximate surface area is 221 Å². The number of benzene rings is 1. The van der Waals surface area contributed by atoms with E-state index in [1.807, 2.05) is 48.1 Å². The number of likely N-dealkylation sites (tertiary alicyclic amines) is 1. The van der Waals surface area contributed by atoms with E-state index < -0.39 is 6.09 Å². The molecule has 1 aliphatic heterocycles. The molecule has 38 heavy (non-hydrogen) atoms. The monoisotopic (exact) mass is 516 g/mol. The first-order chi connectivity index (χ1) is 18.4. The number of para-hydroxylation sites is 1. The molecule has 3 heterocycles. The van der Waals surface area contributed by atoms with E-state index in [1.165, 1.54) is 4.90 Å². The lowest BCUT2D eigenvalue weighted by molar-refractivity contribution is 0.0115. The van der Waals surface area contributed by atoms with Crippen LogP contribution < -0.4 is 10.5 Å². The number of aromatic nitrogens is 4. The van der Waals surface area contributed by atoms with Crippen molar-refractivity contribution in [2.45, 2.75) is 38.6 Å². The number of piperidine rings is 1. The van der Waals surface area contributed by atoms with Gasteiger partial charge >= 0.3 is 6.09 Å². The molecule has 0 radical (unpaired) electrons. The third kappa shape index (κ3) is 5.29. The molecule has 0 bridgehead atoms. The van der Waals surface area contributed by atoms with Crippen LogP contribution in [0.3, 0.4) is 0 Å². The minimum Gasteiger partial charge on any atom is -0.467 e. The number of carbonyl (C=O) groups is 1. The van der Waals surface area contributed by atoms with Gasteiger partial charge in [0.1, 0.15) is 11.8 Å². The number of hydrogen-bond acceptors (Lipinski definition) is 7. The molecule has 3 N–H and O–H groups in total. The molecule has 5 rings (SSSR count). The Morgan fingerprint density at radius 3 is 2.74 bits per heavy atom. The summed E-state index contributed by atoms with van der Waals surface area (Å²) in [7, 11) is 1.57. The number of nitrogens with two attached hydrogens (primary N) is 1. The van der Waals surface area contributed by atoms with Gasteiger partial charge in [0, 0.05) is 49.0 Å². The Balaban J connectivity index is 1.26. The van der Waals surface area contributed by atoms with Gasteiger partial charge in [-0.1, -0.05) is 24.0 Å². The first-order valence-electron chi connectivity index (χ1n) is 12.8. The molecule has 1 aliphatic carbocycles. The summed E-state index contributed by atoms with van der Waals surface area (Å²) in [6, 6.07) is 9.35. The quantitative estimate of drug-likeness (QED) is 0.366. The van der Waals surface area contributed by atoms with Crippen LogP contribution in [0.2, 0.25) is 0 Å². The average molecular weight is 517 g/mol. The molecule has 10 nitrogen and oxygen atoms in total. The second-order valence-electron chi connectivity index (χ2n) is 10.1. The Morgan fingerprint density at radius 1 is 1.24 bits per heavy atom. The van der Waals surface area contributed by atoms with E-state index >= 15 is 0 Å². The van der Waals surface area contributed by atoms with E-state index in [-0.39, 0.29) is 18.2 Å². The number of hydrogen-bond donors (Lipinski definition) is 2. The fourth-order valence-corrected chi connectivity index (χ4v) is 5.35. The van der Waals surface area contributed by atoms with Crippen molar-refractivity contribution in [1.29, 1.82) is 0 Å². The molecule has 1 saturated heterocycles. The maximum absolute atomic E-state index is 11.2. The summed E-state index contributed by atoms with van der Waals surface area (Å²) in [5.41, 5.74) is 9.45. The number of nitrogens with zero attached hydrogens (tertiary/aromatic N) is 5. The molecule has 2 aliphatic rings. The van der Waals surface area contributed by atoms with Gasteiger partial charge in [-0.05, 0) is 56.2 Å². The highest BCUT2D eigenvalue weighted by Crippen LogP contribution is 2.52.